The van der Waals surface area contributed by atoms with Crippen molar-refractivity contribution in [3.8, 4) is 0 Å². The van der Waals surface area contributed by atoms with E-state index in [0.717, 1.165) is 30.8 Å². The van der Waals surface area contributed by atoms with Crippen LogP contribution in [0, 0.1) is 5.92 Å². The fourth-order valence-electron chi connectivity index (χ4n) is 1.82. The number of nitrogens with one attached hydrogen (secondary N) is 2. The van der Waals surface area contributed by atoms with Gasteiger partial charge in [-0.1, -0.05) is 6.07 Å². The minimum Gasteiger partial charge on any atom is -0.380 e. The molecule has 0 unspecified atom stereocenters. The number of anilines is 2. The SMILES string of the molecule is O=C(Nc1cccc(NCc2cncs2)c1)C1CC1. The minimum absolute atomic E-state index is 0.139. The average Bonchev–Trinajstić information content (AvgIpc) is 3.14. The molecule has 4 nitrogen and oxygen atoms in total. The second kappa shape index (κ2) is 5.40. The van der Waals surface area contributed by atoms with Gasteiger partial charge in [-0.05, 0) is 31.0 Å². The number of aromatic nitrogens is 1. The van der Waals surface area contributed by atoms with Crippen molar-refractivity contribution in [3.63, 3.8) is 0 Å². The zero-order chi connectivity index (χ0) is 13.1. The number of amides is 1. The predicted octanol–water partition coefficient (Wildman–Crippen LogP) is 3.10. The molecule has 5 heteroatoms. The third-order valence-corrected chi connectivity index (χ3v) is 3.81. The largest absolute Gasteiger partial charge is 0.380 e. The highest BCUT2D eigenvalue weighted by Gasteiger charge is 2.29. The first-order valence-electron chi connectivity index (χ1n) is 6.33. The van der Waals surface area contributed by atoms with Gasteiger partial charge in [-0.2, -0.15) is 0 Å². The van der Waals surface area contributed by atoms with Crippen LogP contribution in [-0.2, 0) is 11.3 Å². The molecule has 1 saturated carbocycles. The molecule has 0 bridgehead atoms. The van der Waals surface area contributed by atoms with Crippen molar-refractivity contribution in [2.24, 2.45) is 5.92 Å². The molecule has 1 amide bonds. The van der Waals surface area contributed by atoms with Gasteiger partial charge in [0.2, 0.25) is 5.91 Å². The van der Waals surface area contributed by atoms with Crippen molar-refractivity contribution in [2.75, 3.05) is 10.6 Å². The first-order valence-corrected chi connectivity index (χ1v) is 7.21. The first kappa shape index (κ1) is 12.2. The topological polar surface area (TPSA) is 54.0 Å². The van der Waals surface area contributed by atoms with Crippen molar-refractivity contribution >= 4 is 28.6 Å². The van der Waals surface area contributed by atoms with Gasteiger partial charge in [-0.15, -0.1) is 11.3 Å². The molecule has 0 atom stereocenters. The molecule has 1 aliphatic rings. The van der Waals surface area contributed by atoms with E-state index in [1.54, 1.807) is 11.3 Å². The zero-order valence-corrected chi connectivity index (χ0v) is 11.2. The number of hydrogen-bond donors (Lipinski definition) is 2. The third kappa shape index (κ3) is 3.32. The van der Waals surface area contributed by atoms with Crippen LogP contribution in [-0.4, -0.2) is 10.9 Å². The normalized spacial score (nSPS) is 14.1. The smallest absolute Gasteiger partial charge is 0.227 e. The van der Waals surface area contributed by atoms with E-state index < -0.39 is 0 Å². The van der Waals surface area contributed by atoms with Gasteiger partial charge in [0.25, 0.3) is 0 Å². The summed E-state index contributed by atoms with van der Waals surface area (Å²) in [7, 11) is 0. The van der Waals surface area contributed by atoms with E-state index in [1.165, 1.54) is 4.88 Å². The van der Waals surface area contributed by atoms with Gasteiger partial charge in [-0.3, -0.25) is 9.78 Å². The van der Waals surface area contributed by atoms with Crippen LogP contribution < -0.4 is 10.6 Å². The monoisotopic (exact) mass is 273 g/mol. The quantitative estimate of drug-likeness (QED) is 0.880. The summed E-state index contributed by atoms with van der Waals surface area (Å²) in [4.78, 5) is 16.9. The van der Waals surface area contributed by atoms with E-state index in [9.17, 15) is 4.79 Å². The van der Waals surface area contributed by atoms with Gasteiger partial charge in [0.15, 0.2) is 0 Å². The zero-order valence-electron chi connectivity index (χ0n) is 10.4. The second-order valence-electron chi connectivity index (χ2n) is 4.67. The van der Waals surface area contributed by atoms with Gasteiger partial charge in [0.05, 0.1) is 12.1 Å². The number of carbonyl (C=O) groups excluding carboxylic acids is 1. The highest BCUT2D eigenvalue weighted by Crippen LogP contribution is 2.30. The second-order valence-corrected chi connectivity index (χ2v) is 5.64. The van der Waals surface area contributed by atoms with Crippen LogP contribution in [0.2, 0.25) is 0 Å². The summed E-state index contributed by atoms with van der Waals surface area (Å²) in [6.07, 6.45) is 3.90. The van der Waals surface area contributed by atoms with Crippen LogP contribution in [0.25, 0.3) is 0 Å². The standard InChI is InChI=1S/C14H15N3OS/c18-14(10-4-5-10)17-12-3-1-2-11(6-12)16-8-13-7-15-9-19-13/h1-3,6-7,9-10,16H,4-5,8H2,(H,17,18). The van der Waals surface area contributed by atoms with Crippen molar-refractivity contribution in [1.82, 2.24) is 4.98 Å². The van der Waals surface area contributed by atoms with Crippen molar-refractivity contribution in [2.45, 2.75) is 19.4 Å². The molecule has 0 spiro atoms. The Morgan fingerprint density at radius 1 is 1.37 bits per heavy atom. The first-order chi connectivity index (χ1) is 9.31. The number of thiazole rings is 1. The average molecular weight is 273 g/mol. The molecule has 1 aromatic heterocycles. The number of rotatable bonds is 5. The van der Waals surface area contributed by atoms with Crippen molar-refractivity contribution < 1.29 is 4.79 Å². The Morgan fingerprint density at radius 3 is 2.95 bits per heavy atom. The number of nitrogens with zero attached hydrogens (tertiary/aromatic N) is 1. The molecule has 0 aliphatic heterocycles. The summed E-state index contributed by atoms with van der Waals surface area (Å²) in [6.45, 7) is 0.755. The molecule has 2 N–H and O–H groups in total. The molecular weight excluding hydrogens is 258 g/mol. The van der Waals surface area contributed by atoms with Crippen LogP contribution in [0.5, 0.6) is 0 Å². The molecule has 19 heavy (non-hydrogen) atoms. The lowest BCUT2D eigenvalue weighted by Gasteiger charge is -2.08. The van der Waals surface area contributed by atoms with Crippen LogP contribution in [0.1, 0.15) is 17.7 Å². The van der Waals surface area contributed by atoms with E-state index in [1.807, 2.05) is 36.0 Å². The Kier molecular flexibility index (Phi) is 3.46. The highest BCUT2D eigenvalue weighted by molar-refractivity contribution is 7.09. The molecule has 1 aromatic carbocycles. The maximum Gasteiger partial charge on any atom is 0.227 e. The Bertz CT molecular complexity index is 564. The van der Waals surface area contributed by atoms with E-state index >= 15 is 0 Å². The van der Waals surface area contributed by atoms with Crippen molar-refractivity contribution in [1.29, 1.82) is 0 Å². The van der Waals surface area contributed by atoms with E-state index in [4.69, 9.17) is 0 Å². The summed E-state index contributed by atoms with van der Waals surface area (Å²) >= 11 is 1.63. The van der Waals surface area contributed by atoms with Gasteiger partial charge >= 0.3 is 0 Å². The molecule has 1 fully saturated rings. The highest BCUT2D eigenvalue weighted by atomic mass is 32.1. The van der Waals surface area contributed by atoms with Crippen LogP contribution >= 0.6 is 11.3 Å². The van der Waals surface area contributed by atoms with Gasteiger partial charge in [-0.25, -0.2) is 0 Å². The Balaban J connectivity index is 1.60. The maximum atomic E-state index is 11.7. The molecule has 1 heterocycles. The molecule has 0 radical (unpaired) electrons. The summed E-state index contributed by atoms with van der Waals surface area (Å²) in [5.74, 6) is 0.369. The fourth-order valence-corrected chi connectivity index (χ4v) is 2.35. The Hall–Kier alpha value is -1.88. The molecule has 2 aromatic rings. The maximum absolute atomic E-state index is 11.7. The fraction of sp³-hybridized carbons (Fsp3) is 0.286. The van der Waals surface area contributed by atoms with Crippen LogP contribution in [0.4, 0.5) is 11.4 Å². The summed E-state index contributed by atoms with van der Waals surface area (Å²) in [5, 5.41) is 6.27. The van der Waals surface area contributed by atoms with E-state index in [-0.39, 0.29) is 11.8 Å². The number of hydrogen-bond acceptors (Lipinski definition) is 4. The summed E-state index contributed by atoms with van der Waals surface area (Å²) < 4.78 is 0. The lowest BCUT2D eigenvalue weighted by Crippen LogP contribution is -2.13. The Morgan fingerprint density at radius 2 is 2.21 bits per heavy atom. The molecular formula is C14H15N3OS. The Labute approximate surface area is 115 Å². The van der Waals surface area contributed by atoms with E-state index in [0.29, 0.717) is 0 Å². The molecule has 0 saturated heterocycles. The van der Waals surface area contributed by atoms with E-state index in [2.05, 4.69) is 15.6 Å². The van der Waals surface area contributed by atoms with Crippen LogP contribution in [0.3, 0.4) is 0 Å². The van der Waals surface area contributed by atoms with Gasteiger partial charge < -0.3 is 10.6 Å². The lowest BCUT2D eigenvalue weighted by atomic mass is 10.2. The predicted molar refractivity (Wildman–Crippen MR) is 77.2 cm³/mol. The van der Waals surface area contributed by atoms with Crippen LogP contribution in [0.15, 0.2) is 36.0 Å². The molecule has 1 aliphatic carbocycles. The van der Waals surface area contributed by atoms with Gasteiger partial charge in [0, 0.05) is 28.4 Å². The summed E-state index contributed by atoms with van der Waals surface area (Å²) in [5.41, 5.74) is 3.68. The lowest BCUT2D eigenvalue weighted by molar-refractivity contribution is -0.117. The number of carbonyl (C=O) groups is 1. The molecule has 3 rings (SSSR count). The summed E-state index contributed by atoms with van der Waals surface area (Å²) in [6, 6.07) is 7.81. The third-order valence-electron chi connectivity index (χ3n) is 3.03. The minimum atomic E-state index is 0.139. The number of benzene rings is 1. The van der Waals surface area contributed by atoms with Crippen molar-refractivity contribution in [3.05, 3.63) is 40.8 Å². The molecule has 98 valence electrons. The van der Waals surface area contributed by atoms with Gasteiger partial charge in [0.1, 0.15) is 0 Å².